The van der Waals surface area contributed by atoms with Crippen LogP contribution in [0.15, 0.2) is 48.5 Å². The molecule has 0 saturated carbocycles. The quantitative estimate of drug-likeness (QED) is 0.783. The van der Waals surface area contributed by atoms with E-state index < -0.39 is 10.0 Å². The summed E-state index contributed by atoms with van der Waals surface area (Å²) < 4.78 is 25.5. The Balaban J connectivity index is 2.09. The van der Waals surface area contributed by atoms with Crippen molar-refractivity contribution in [1.29, 1.82) is 0 Å². The topological polar surface area (TPSA) is 66.5 Å². The molecule has 1 N–H and O–H groups in total. The standard InChI is InChI=1S/C19H23ClN2O3S/c1-14(16-8-5-4-6-9-16)12-21-19(23)13-22(26(3,24)25)18-11-7-10-17(20)15(18)2/h4-11,14H,12-13H2,1-3H3,(H,21,23). The van der Waals surface area contributed by atoms with Gasteiger partial charge in [-0.05, 0) is 36.1 Å². The molecule has 2 aromatic rings. The van der Waals surface area contributed by atoms with Crippen LogP contribution in [0.2, 0.25) is 5.02 Å². The second-order valence-corrected chi connectivity index (χ2v) is 8.58. The number of carbonyl (C=O) groups is 1. The first-order valence-electron chi connectivity index (χ1n) is 8.24. The molecule has 0 aromatic heterocycles. The number of hydrogen-bond donors (Lipinski definition) is 1. The van der Waals surface area contributed by atoms with Crippen molar-refractivity contribution in [3.05, 3.63) is 64.7 Å². The molecule has 0 radical (unpaired) electrons. The molecular formula is C19H23ClN2O3S. The number of amides is 1. The van der Waals surface area contributed by atoms with Crippen molar-refractivity contribution < 1.29 is 13.2 Å². The Morgan fingerprint density at radius 3 is 2.42 bits per heavy atom. The van der Waals surface area contributed by atoms with Crippen molar-refractivity contribution in [3.63, 3.8) is 0 Å². The van der Waals surface area contributed by atoms with Crippen molar-refractivity contribution >= 4 is 33.2 Å². The summed E-state index contributed by atoms with van der Waals surface area (Å²) in [4.78, 5) is 12.4. The summed E-state index contributed by atoms with van der Waals surface area (Å²) in [6.07, 6.45) is 1.08. The Morgan fingerprint density at radius 1 is 1.15 bits per heavy atom. The van der Waals surface area contributed by atoms with Gasteiger partial charge in [0.1, 0.15) is 6.54 Å². The highest BCUT2D eigenvalue weighted by Gasteiger charge is 2.23. The third kappa shape index (κ3) is 5.22. The lowest BCUT2D eigenvalue weighted by atomic mass is 10.0. The molecule has 0 spiro atoms. The first-order valence-corrected chi connectivity index (χ1v) is 10.5. The molecule has 0 heterocycles. The lowest BCUT2D eigenvalue weighted by Gasteiger charge is -2.24. The molecule has 2 rings (SSSR count). The van der Waals surface area contributed by atoms with E-state index in [2.05, 4.69) is 5.32 Å². The summed E-state index contributed by atoms with van der Waals surface area (Å²) in [6.45, 7) is 3.87. The molecule has 1 amide bonds. The van der Waals surface area contributed by atoms with Gasteiger partial charge in [0.2, 0.25) is 15.9 Å². The maximum atomic E-state index is 12.4. The zero-order chi connectivity index (χ0) is 19.3. The van der Waals surface area contributed by atoms with Gasteiger partial charge in [-0.25, -0.2) is 8.42 Å². The molecule has 0 saturated heterocycles. The maximum Gasteiger partial charge on any atom is 0.240 e. The van der Waals surface area contributed by atoms with Crippen LogP contribution in [0.4, 0.5) is 5.69 Å². The molecule has 0 bridgehead atoms. The van der Waals surface area contributed by atoms with Gasteiger partial charge in [0.15, 0.2) is 0 Å². The minimum atomic E-state index is -3.63. The third-order valence-electron chi connectivity index (χ3n) is 4.17. The minimum Gasteiger partial charge on any atom is -0.354 e. The van der Waals surface area contributed by atoms with Gasteiger partial charge in [0.05, 0.1) is 11.9 Å². The van der Waals surface area contributed by atoms with E-state index in [4.69, 9.17) is 11.6 Å². The highest BCUT2D eigenvalue weighted by Crippen LogP contribution is 2.28. The molecule has 1 unspecified atom stereocenters. The Hall–Kier alpha value is -2.05. The van der Waals surface area contributed by atoms with Gasteiger partial charge in [0, 0.05) is 11.6 Å². The Morgan fingerprint density at radius 2 is 1.81 bits per heavy atom. The van der Waals surface area contributed by atoms with E-state index >= 15 is 0 Å². The molecule has 0 fully saturated rings. The Bertz CT molecular complexity index is 870. The molecule has 2 aromatic carbocycles. The van der Waals surface area contributed by atoms with Gasteiger partial charge in [-0.1, -0.05) is 54.9 Å². The van der Waals surface area contributed by atoms with Crippen molar-refractivity contribution in [2.24, 2.45) is 0 Å². The van der Waals surface area contributed by atoms with Gasteiger partial charge < -0.3 is 5.32 Å². The van der Waals surface area contributed by atoms with Crippen LogP contribution in [0.5, 0.6) is 0 Å². The Kier molecular flexibility index (Phi) is 6.67. The predicted molar refractivity (Wildman–Crippen MR) is 106 cm³/mol. The fourth-order valence-corrected chi connectivity index (χ4v) is 3.68. The van der Waals surface area contributed by atoms with Gasteiger partial charge in [-0.15, -0.1) is 0 Å². The molecule has 0 aliphatic heterocycles. The predicted octanol–water partition coefficient (Wildman–Crippen LogP) is 3.33. The average molecular weight is 395 g/mol. The van der Waals surface area contributed by atoms with E-state index in [1.165, 1.54) is 0 Å². The second kappa shape index (κ2) is 8.56. The van der Waals surface area contributed by atoms with Gasteiger partial charge >= 0.3 is 0 Å². The summed E-state index contributed by atoms with van der Waals surface area (Å²) in [7, 11) is -3.63. The highest BCUT2D eigenvalue weighted by atomic mass is 35.5. The number of sulfonamides is 1. The van der Waals surface area contributed by atoms with Gasteiger partial charge in [-0.3, -0.25) is 9.10 Å². The van der Waals surface area contributed by atoms with E-state index in [1.807, 2.05) is 37.3 Å². The van der Waals surface area contributed by atoms with Crippen molar-refractivity contribution in [3.8, 4) is 0 Å². The van der Waals surface area contributed by atoms with Crippen LogP contribution in [0, 0.1) is 6.92 Å². The summed E-state index contributed by atoms with van der Waals surface area (Å²) in [5, 5.41) is 3.26. The van der Waals surface area contributed by atoms with Crippen LogP contribution < -0.4 is 9.62 Å². The number of nitrogens with zero attached hydrogens (tertiary/aromatic N) is 1. The van der Waals surface area contributed by atoms with Gasteiger partial charge in [-0.2, -0.15) is 0 Å². The van der Waals surface area contributed by atoms with Crippen molar-refractivity contribution in [2.45, 2.75) is 19.8 Å². The molecular weight excluding hydrogens is 372 g/mol. The van der Waals surface area contributed by atoms with Crippen LogP contribution in [-0.2, 0) is 14.8 Å². The van der Waals surface area contributed by atoms with Crippen LogP contribution in [0.25, 0.3) is 0 Å². The van der Waals surface area contributed by atoms with Crippen LogP contribution in [-0.4, -0.2) is 33.7 Å². The zero-order valence-corrected chi connectivity index (χ0v) is 16.6. The number of halogens is 1. The lowest BCUT2D eigenvalue weighted by Crippen LogP contribution is -2.41. The van der Waals surface area contributed by atoms with E-state index in [0.29, 0.717) is 22.8 Å². The number of anilines is 1. The van der Waals surface area contributed by atoms with Crippen LogP contribution in [0.1, 0.15) is 24.0 Å². The average Bonchev–Trinajstić information content (AvgIpc) is 2.60. The highest BCUT2D eigenvalue weighted by molar-refractivity contribution is 7.92. The third-order valence-corrected chi connectivity index (χ3v) is 5.71. The largest absolute Gasteiger partial charge is 0.354 e. The zero-order valence-electron chi connectivity index (χ0n) is 15.1. The number of carbonyl (C=O) groups excluding carboxylic acids is 1. The maximum absolute atomic E-state index is 12.4. The number of benzene rings is 2. The fourth-order valence-electron chi connectivity index (χ4n) is 2.60. The molecule has 0 aliphatic rings. The van der Waals surface area contributed by atoms with Crippen LogP contribution in [0.3, 0.4) is 0 Å². The van der Waals surface area contributed by atoms with E-state index in [-0.39, 0.29) is 18.4 Å². The van der Waals surface area contributed by atoms with Crippen molar-refractivity contribution in [1.82, 2.24) is 5.32 Å². The van der Waals surface area contributed by atoms with E-state index in [0.717, 1.165) is 16.1 Å². The molecule has 1 atom stereocenters. The summed E-state index contributed by atoms with van der Waals surface area (Å²) >= 11 is 6.09. The van der Waals surface area contributed by atoms with Gasteiger partial charge in [0.25, 0.3) is 0 Å². The Labute approximate surface area is 160 Å². The molecule has 7 heteroatoms. The molecule has 26 heavy (non-hydrogen) atoms. The number of nitrogens with one attached hydrogen (secondary N) is 1. The molecule has 5 nitrogen and oxygen atoms in total. The fraction of sp³-hybridized carbons (Fsp3) is 0.316. The molecule has 140 valence electrons. The van der Waals surface area contributed by atoms with E-state index in [1.54, 1.807) is 25.1 Å². The molecule has 0 aliphatic carbocycles. The summed E-state index contributed by atoms with van der Waals surface area (Å²) in [6, 6.07) is 14.8. The first-order chi connectivity index (χ1) is 12.2. The van der Waals surface area contributed by atoms with Crippen molar-refractivity contribution in [2.75, 3.05) is 23.7 Å². The van der Waals surface area contributed by atoms with E-state index in [9.17, 15) is 13.2 Å². The minimum absolute atomic E-state index is 0.125. The second-order valence-electron chi connectivity index (χ2n) is 6.27. The number of hydrogen-bond acceptors (Lipinski definition) is 3. The van der Waals surface area contributed by atoms with Crippen LogP contribution >= 0.6 is 11.6 Å². The number of rotatable bonds is 7. The first kappa shape index (κ1) is 20.3. The normalized spacial score (nSPS) is 12.5. The SMILES string of the molecule is Cc1c(Cl)cccc1N(CC(=O)NCC(C)c1ccccc1)S(C)(=O)=O. The summed E-state index contributed by atoms with van der Waals surface area (Å²) in [5.41, 5.74) is 2.13. The smallest absolute Gasteiger partial charge is 0.240 e. The monoisotopic (exact) mass is 394 g/mol. The lowest BCUT2D eigenvalue weighted by molar-refractivity contribution is -0.119. The summed E-state index contributed by atoms with van der Waals surface area (Å²) in [5.74, 6) is -0.239.